The van der Waals surface area contributed by atoms with Gasteiger partial charge in [0.2, 0.25) is 0 Å². The molecule has 1 amide bonds. The maximum absolute atomic E-state index is 11.9. The molecule has 0 bridgehead atoms. The summed E-state index contributed by atoms with van der Waals surface area (Å²) in [7, 11) is 1.21. The number of carbonyl (C=O) groups is 1. The molecule has 0 rings (SSSR count). The van der Waals surface area contributed by atoms with Crippen LogP contribution in [0.5, 0.6) is 0 Å². The quantitative estimate of drug-likeness (QED) is 0.671. The van der Waals surface area contributed by atoms with Gasteiger partial charge in [-0.3, -0.25) is 0 Å². The Bertz CT molecular complexity index is 194. The number of carbonyl (C=O) groups excluding carboxylic acids is 1. The number of ether oxygens (including phenoxy) is 1. The average Bonchev–Trinajstić information content (AvgIpc) is 2.15. The highest BCUT2D eigenvalue weighted by Gasteiger charge is 2.21. The molecule has 3 nitrogen and oxygen atoms in total. The molecule has 16 heavy (non-hydrogen) atoms. The molecule has 0 aliphatic heterocycles. The summed E-state index contributed by atoms with van der Waals surface area (Å²) in [5.74, 6) is 0. The van der Waals surface area contributed by atoms with Crippen molar-refractivity contribution in [1.82, 2.24) is 4.90 Å². The van der Waals surface area contributed by atoms with Gasteiger partial charge in [0.25, 0.3) is 0 Å². The molecule has 0 spiro atoms. The van der Waals surface area contributed by atoms with E-state index in [9.17, 15) is 4.79 Å². The molecular weight excluding hydrogens is 218 g/mol. The predicted molar refractivity (Wildman–Crippen MR) is 72.1 cm³/mol. The van der Waals surface area contributed by atoms with Gasteiger partial charge in [-0.2, -0.15) is 0 Å². The van der Waals surface area contributed by atoms with Gasteiger partial charge in [-0.05, 0) is 33.6 Å². The lowest BCUT2D eigenvalue weighted by atomic mass is 10.2. The van der Waals surface area contributed by atoms with E-state index in [0.29, 0.717) is 0 Å². The molecule has 0 aromatic carbocycles. The summed E-state index contributed by atoms with van der Waals surface area (Å²) in [5, 5.41) is 0. The fourth-order valence-corrected chi connectivity index (χ4v) is 1.64. The van der Waals surface area contributed by atoms with E-state index in [0.717, 1.165) is 32.4 Å². The Hall–Kier alpha value is -0.513. The van der Waals surface area contributed by atoms with Crippen LogP contribution in [0.4, 0.5) is 4.79 Å². The fraction of sp³-hybridized carbons (Fsp3) is 0.917. The minimum atomic E-state index is -0.386. The van der Waals surface area contributed by atoms with E-state index >= 15 is 0 Å². The van der Waals surface area contributed by atoms with Gasteiger partial charge >= 0.3 is 6.09 Å². The Morgan fingerprint density at radius 1 is 1.25 bits per heavy atom. The van der Waals surface area contributed by atoms with Crippen LogP contribution < -0.4 is 0 Å². The highest BCUT2D eigenvalue weighted by molar-refractivity contribution is 6.08. The SMILES string of the molecule is CCCCN(CCC[SiH3])C(=O)OC(C)(C)C. The second-order valence-corrected chi connectivity index (χ2v) is 6.17. The molecule has 0 aliphatic rings. The van der Waals surface area contributed by atoms with E-state index in [4.69, 9.17) is 4.74 Å². The van der Waals surface area contributed by atoms with E-state index in [2.05, 4.69) is 6.92 Å². The maximum Gasteiger partial charge on any atom is 0.410 e. The van der Waals surface area contributed by atoms with Gasteiger partial charge in [0, 0.05) is 23.3 Å². The number of hydrogen-bond acceptors (Lipinski definition) is 2. The molecule has 0 aromatic heterocycles. The van der Waals surface area contributed by atoms with Gasteiger partial charge in [0.15, 0.2) is 0 Å². The number of amides is 1. The molecule has 0 N–H and O–H groups in total. The lowest BCUT2D eigenvalue weighted by Gasteiger charge is -2.27. The smallest absolute Gasteiger partial charge is 0.410 e. The first-order valence-corrected chi connectivity index (χ1v) is 7.80. The first-order valence-electron chi connectivity index (χ1n) is 6.38. The van der Waals surface area contributed by atoms with Gasteiger partial charge in [-0.1, -0.05) is 19.4 Å². The topological polar surface area (TPSA) is 29.5 Å². The lowest BCUT2D eigenvalue weighted by Crippen LogP contribution is -2.38. The zero-order chi connectivity index (χ0) is 12.6. The summed E-state index contributed by atoms with van der Waals surface area (Å²) in [6, 6.07) is 1.24. The minimum Gasteiger partial charge on any atom is -0.444 e. The fourth-order valence-electron chi connectivity index (χ4n) is 1.32. The second kappa shape index (κ2) is 7.71. The summed E-state index contributed by atoms with van der Waals surface area (Å²) in [5.41, 5.74) is -0.386. The van der Waals surface area contributed by atoms with Crippen LogP contribution in [0.2, 0.25) is 6.04 Å². The molecule has 0 fully saturated rings. The number of unbranched alkanes of at least 4 members (excludes halogenated alkanes) is 1. The van der Waals surface area contributed by atoms with Crippen LogP contribution >= 0.6 is 0 Å². The van der Waals surface area contributed by atoms with Crippen molar-refractivity contribution < 1.29 is 9.53 Å². The first kappa shape index (κ1) is 15.5. The third-order valence-corrected chi connectivity index (χ3v) is 2.92. The monoisotopic (exact) mass is 245 g/mol. The Labute approximate surface area is 103 Å². The molecule has 4 heteroatoms. The Morgan fingerprint density at radius 3 is 2.25 bits per heavy atom. The summed E-state index contributed by atoms with van der Waals surface area (Å²) in [6.45, 7) is 9.55. The predicted octanol–water partition coefficient (Wildman–Crippen LogP) is 2.20. The normalized spacial score (nSPS) is 11.5. The first-order chi connectivity index (χ1) is 7.40. The molecule has 0 aliphatic carbocycles. The van der Waals surface area contributed by atoms with Crippen molar-refractivity contribution in [2.75, 3.05) is 13.1 Å². The van der Waals surface area contributed by atoms with E-state index in [1.165, 1.54) is 16.3 Å². The molecule has 0 saturated carbocycles. The van der Waals surface area contributed by atoms with Gasteiger partial charge in [-0.15, -0.1) is 0 Å². The van der Waals surface area contributed by atoms with Gasteiger partial charge in [-0.25, -0.2) is 4.79 Å². The molecule has 0 unspecified atom stereocenters. The molecule has 0 heterocycles. The van der Waals surface area contributed by atoms with Crippen molar-refractivity contribution >= 4 is 16.3 Å². The molecule has 0 saturated heterocycles. The standard InChI is InChI=1S/C12H27NO2Si/c1-5-6-8-13(9-7-10-16)11(14)15-12(2,3)4/h5-10H2,1-4,16H3. The van der Waals surface area contributed by atoms with Crippen molar-refractivity contribution in [2.45, 2.75) is 58.6 Å². The van der Waals surface area contributed by atoms with Crippen LogP contribution in [0, 0.1) is 0 Å². The van der Waals surface area contributed by atoms with Crippen molar-refractivity contribution in [3.63, 3.8) is 0 Å². The maximum atomic E-state index is 11.9. The lowest BCUT2D eigenvalue weighted by molar-refractivity contribution is 0.0248. The molecule has 0 aromatic rings. The molecule has 0 atom stereocenters. The van der Waals surface area contributed by atoms with E-state index in [1.54, 1.807) is 0 Å². The molecular formula is C12H27NO2Si. The highest BCUT2D eigenvalue weighted by atomic mass is 28.1. The van der Waals surface area contributed by atoms with Crippen LogP contribution in [0.3, 0.4) is 0 Å². The van der Waals surface area contributed by atoms with Crippen LogP contribution in [0.15, 0.2) is 0 Å². The Kier molecular flexibility index (Phi) is 7.46. The number of hydrogen-bond donors (Lipinski definition) is 0. The van der Waals surface area contributed by atoms with E-state index in [-0.39, 0.29) is 11.7 Å². The highest BCUT2D eigenvalue weighted by Crippen LogP contribution is 2.11. The van der Waals surface area contributed by atoms with Crippen molar-refractivity contribution in [3.05, 3.63) is 0 Å². The van der Waals surface area contributed by atoms with Gasteiger partial charge < -0.3 is 9.64 Å². The largest absolute Gasteiger partial charge is 0.444 e. The average molecular weight is 245 g/mol. The Morgan fingerprint density at radius 2 is 1.81 bits per heavy atom. The van der Waals surface area contributed by atoms with Gasteiger partial charge in [0.1, 0.15) is 5.60 Å². The third kappa shape index (κ3) is 7.74. The summed E-state index contributed by atoms with van der Waals surface area (Å²) < 4.78 is 5.39. The number of nitrogens with zero attached hydrogens (tertiary/aromatic N) is 1. The van der Waals surface area contributed by atoms with Gasteiger partial charge in [0.05, 0.1) is 0 Å². The zero-order valence-corrected chi connectivity index (χ0v) is 13.5. The second-order valence-electron chi connectivity index (χ2n) is 5.17. The van der Waals surface area contributed by atoms with E-state index < -0.39 is 0 Å². The van der Waals surface area contributed by atoms with Crippen LogP contribution in [-0.4, -0.2) is 39.9 Å². The summed E-state index contributed by atoms with van der Waals surface area (Å²) in [4.78, 5) is 13.7. The van der Waals surface area contributed by atoms with Crippen LogP contribution in [-0.2, 0) is 4.74 Å². The zero-order valence-electron chi connectivity index (χ0n) is 11.5. The molecule has 96 valence electrons. The van der Waals surface area contributed by atoms with Crippen LogP contribution in [0.25, 0.3) is 0 Å². The molecule has 0 radical (unpaired) electrons. The Balaban J connectivity index is 4.19. The summed E-state index contributed by atoms with van der Waals surface area (Å²) >= 11 is 0. The van der Waals surface area contributed by atoms with Crippen molar-refractivity contribution in [1.29, 1.82) is 0 Å². The van der Waals surface area contributed by atoms with Crippen molar-refractivity contribution in [3.8, 4) is 0 Å². The van der Waals surface area contributed by atoms with Crippen LogP contribution in [0.1, 0.15) is 47.0 Å². The van der Waals surface area contributed by atoms with Crippen molar-refractivity contribution in [2.24, 2.45) is 0 Å². The number of rotatable bonds is 6. The van der Waals surface area contributed by atoms with E-state index in [1.807, 2.05) is 25.7 Å². The minimum absolute atomic E-state index is 0.156. The third-order valence-electron chi connectivity index (χ3n) is 2.21. The summed E-state index contributed by atoms with van der Waals surface area (Å²) in [6.07, 6.45) is 3.12.